The van der Waals surface area contributed by atoms with Crippen LogP contribution in [0.4, 0.5) is 17.6 Å². The SMILES string of the molecule is O=C(O)c1ccc2nc(Cc3cc(F)c(-c4cccc(OCc5cnc(C(=O)NCC(F)F)cc5Cl)n4)cc3F)n(CC3CCO3)c2c1. The predicted molar refractivity (Wildman–Crippen MR) is 165 cm³/mol. The Bertz CT molecular complexity index is 2020. The number of hydrogen-bond acceptors (Lipinski definition) is 7. The molecule has 1 aliphatic rings. The Morgan fingerprint density at radius 3 is 2.60 bits per heavy atom. The third kappa shape index (κ3) is 7.24. The monoisotopic (exact) mass is 683 g/mol. The first-order chi connectivity index (χ1) is 23.0. The number of halogens is 5. The summed E-state index contributed by atoms with van der Waals surface area (Å²) in [4.78, 5) is 36.4. The molecule has 1 saturated heterocycles. The van der Waals surface area contributed by atoms with Crippen LogP contribution >= 0.6 is 11.6 Å². The van der Waals surface area contributed by atoms with Gasteiger partial charge in [-0.25, -0.2) is 32.3 Å². The van der Waals surface area contributed by atoms with Crippen molar-refractivity contribution in [2.75, 3.05) is 13.2 Å². The first-order valence-electron chi connectivity index (χ1n) is 14.7. The Morgan fingerprint density at radius 2 is 1.90 bits per heavy atom. The number of imidazole rings is 1. The average Bonchev–Trinajstić information content (AvgIpc) is 3.38. The van der Waals surface area contributed by atoms with E-state index in [0.29, 0.717) is 35.6 Å². The number of ether oxygens (including phenoxy) is 2. The molecule has 1 unspecified atom stereocenters. The standard InChI is InChI=1S/C33H26ClF4N5O5/c34-22-12-27(32(44)40-14-29(37)38)39-13-19(22)16-48-31-3-1-2-25(42-31)21-11-23(35)18(8-24(21)36)10-30-41-26-5-4-17(33(45)46)9-28(26)43(30)15-20-6-7-47-20/h1-5,8-9,11-13,20,29H,6-7,10,14-16H2,(H,40,44)(H,45,46). The molecule has 3 aromatic heterocycles. The van der Waals surface area contributed by atoms with Crippen molar-refractivity contribution in [3.05, 3.63) is 106 Å². The van der Waals surface area contributed by atoms with E-state index in [1.165, 1.54) is 36.5 Å². The van der Waals surface area contributed by atoms with Crippen LogP contribution in [0.25, 0.3) is 22.3 Å². The number of benzene rings is 2. The van der Waals surface area contributed by atoms with Gasteiger partial charge in [0.15, 0.2) is 0 Å². The van der Waals surface area contributed by atoms with Crippen molar-refractivity contribution in [1.82, 2.24) is 24.8 Å². The van der Waals surface area contributed by atoms with Crippen molar-refractivity contribution < 1.29 is 41.7 Å². The summed E-state index contributed by atoms with van der Waals surface area (Å²) in [6, 6.07) is 12.4. The number of rotatable bonds is 12. The molecule has 1 aliphatic heterocycles. The van der Waals surface area contributed by atoms with Gasteiger partial charge in [0, 0.05) is 36.4 Å². The van der Waals surface area contributed by atoms with Crippen LogP contribution in [0.2, 0.25) is 5.02 Å². The first-order valence-corrected chi connectivity index (χ1v) is 15.1. The highest BCUT2D eigenvalue weighted by Crippen LogP contribution is 2.29. The van der Waals surface area contributed by atoms with E-state index < -0.39 is 36.5 Å². The van der Waals surface area contributed by atoms with E-state index in [9.17, 15) is 23.5 Å². The number of carboxylic acid groups (broad SMARTS) is 1. The van der Waals surface area contributed by atoms with Crippen LogP contribution in [-0.2, 0) is 24.3 Å². The highest BCUT2D eigenvalue weighted by Gasteiger charge is 2.24. The summed E-state index contributed by atoms with van der Waals surface area (Å²) < 4.78 is 68.8. The van der Waals surface area contributed by atoms with Crippen LogP contribution in [0.15, 0.2) is 60.8 Å². The molecule has 0 aliphatic carbocycles. The number of aromatic carboxylic acids is 1. The van der Waals surface area contributed by atoms with E-state index in [-0.39, 0.29) is 58.1 Å². The Kier molecular flexibility index (Phi) is 9.55. The first kappa shape index (κ1) is 32.8. The van der Waals surface area contributed by atoms with E-state index in [0.717, 1.165) is 18.6 Å². The zero-order valence-corrected chi connectivity index (χ0v) is 25.7. The molecule has 48 heavy (non-hydrogen) atoms. The van der Waals surface area contributed by atoms with Gasteiger partial charge in [-0.2, -0.15) is 0 Å². The molecule has 10 nitrogen and oxygen atoms in total. The molecule has 0 spiro atoms. The molecule has 2 aromatic carbocycles. The van der Waals surface area contributed by atoms with E-state index in [1.807, 2.05) is 5.32 Å². The van der Waals surface area contributed by atoms with Crippen LogP contribution in [0.5, 0.6) is 5.88 Å². The van der Waals surface area contributed by atoms with Gasteiger partial charge in [-0.15, -0.1) is 0 Å². The molecule has 0 bridgehead atoms. The van der Waals surface area contributed by atoms with Crippen LogP contribution < -0.4 is 10.1 Å². The highest BCUT2D eigenvalue weighted by molar-refractivity contribution is 6.31. The van der Waals surface area contributed by atoms with Gasteiger partial charge >= 0.3 is 5.97 Å². The summed E-state index contributed by atoms with van der Waals surface area (Å²) in [6.07, 6.45) is -0.807. The molecule has 248 valence electrons. The number of amides is 1. The Hall–Kier alpha value is -5.08. The second kappa shape index (κ2) is 14.0. The van der Waals surface area contributed by atoms with Gasteiger partial charge in [0.05, 0.1) is 46.5 Å². The fourth-order valence-electron chi connectivity index (χ4n) is 5.11. The van der Waals surface area contributed by atoms with Crippen LogP contribution in [0.3, 0.4) is 0 Å². The lowest BCUT2D eigenvalue weighted by Crippen LogP contribution is -2.31. The number of carboxylic acids is 1. The smallest absolute Gasteiger partial charge is 0.335 e. The summed E-state index contributed by atoms with van der Waals surface area (Å²) in [6.45, 7) is 0.0295. The van der Waals surface area contributed by atoms with Crippen LogP contribution in [-0.4, -0.2) is 62.2 Å². The quantitative estimate of drug-likeness (QED) is 0.152. The summed E-state index contributed by atoms with van der Waals surface area (Å²) >= 11 is 6.23. The summed E-state index contributed by atoms with van der Waals surface area (Å²) in [7, 11) is 0. The predicted octanol–water partition coefficient (Wildman–Crippen LogP) is 6.08. The molecule has 15 heteroatoms. The fourth-order valence-corrected chi connectivity index (χ4v) is 5.32. The lowest BCUT2D eigenvalue weighted by atomic mass is 10.0. The summed E-state index contributed by atoms with van der Waals surface area (Å²) in [5.41, 5.74) is 1.41. The van der Waals surface area contributed by atoms with E-state index in [1.54, 1.807) is 16.7 Å². The Morgan fingerprint density at radius 1 is 1.08 bits per heavy atom. The van der Waals surface area contributed by atoms with Gasteiger partial charge in [0.1, 0.15) is 29.8 Å². The largest absolute Gasteiger partial charge is 0.478 e. The number of fused-ring (bicyclic) bond motifs is 1. The Balaban J connectivity index is 1.19. The molecule has 1 atom stereocenters. The minimum atomic E-state index is -2.71. The molecule has 1 fully saturated rings. The lowest BCUT2D eigenvalue weighted by Gasteiger charge is -2.27. The maximum absolute atomic E-state index is 15.5. The molecule has 0 saturated carbocycles. The average molecular weight is 684 g/mol. The number of alkyl halides is 2. The number of carbonyl (C=O) groups is 2. The lowest BCUT2D eigenvalue weighted by molar-refractivity contribution is -0.0589. The van der Waals surface area contributed by atoms with Crippen molar-refractivity contribution in [3.8, 4) is 17.1 Å². The molecule has 5 aromatic rings. The molecular weight excluding hydrogens is 658 g/mol. The number of nitrogens with zero attached hydrogens (tertiary/aromatic N) is 4. The van der Waals surface area contributed by atoms with E-state index in [4.69, 9.17) is 21.1 Å². The maximum Gasteiger partial charge on any atom is 0.335 e. The topological polar surface area (TPSA) is 128 Å². The fraction of sp³-hybridized carbons (Fsp3) is 0.242. The highest BCUT2D eigenvalue weighted by atomic mass is 35.5. The summed E-state index contributed by atoms with van der Waals surface area (Å²) in [5.74, 6) is -2.83. The molecule has 2 N–H and O–H groups in total. The van der Waals surface area contributed by atoms with Crippen molar-refractivity contribution >= 4 is 34.5 Å². The number of aromatic nitrogens is 4. The van der Waals surface area contributed by atoms with Crippen molar-refractivity contribution in [1.29, 1.82) is 0 Å². The minimum absolute atomic E-state index is 0.0432. The summed E-state index contributed by atoms with van der Waals surface area (Å²) in [5, 5.41) is 11.6. The van der Waals surface area contributed by atoms with E-state index >= 15 is 8.78 Å². The third-order valence-electron chi connectivity index (χ3n) is 7.69. The number of pyridine rings is 2. The zero-order chi connectivity index (χ0) is 33.9. The normalized spacial score (nSPS) is 14.2. The second-order valence-corrected chi connectivity index (χ2v) is 11.3. The van der Waals surface area contributed by atoms with Gasteiger partial charge in [-0.1, -0.05) is 17.7 Å². The Labute approximate surface area is 275 Å². The number of hydrogen-bond donors (Lipinski definition) is 2. The van der Waals surface area contributed by atoms with Gasteiger partial charge in [-0.3, -0.25) is 9.78 Å². The molecule has 6 rings (SSSR count). The van der Waals surface area contributed by atoms with Crippen LogP contribution in [0, 0.1) is 11.6 Å². The number of carbonyl (C=O) groups excluding carboxylic acids is 1. The van der Waals surface area contributed by atoms with E-state index in [2.05, 4.69) is 15.0 Å². The van der Waals surface area contributed by atoms with Gasteiger partial charge in [0.25, 0.3) is 12.3 Å². The molecular formula is C33H26ClF4N5O5. The minimum Gasteiger partial charge on any atom is -0.478 e. The molecule has 1 amide bonds. The van der Waals surface area contributed by atoms with Gasteiger partial charge in [0.2, 0.25) is 5.88 Å². The maximum atomic E-state index is 15.5. The molecule has 4 heterocycles. The third-order valence-corrected chi connectivity index (χ3v) is 8.04. The second-order valence-electron chi connectivity index (χ2n) is 10.9. The van der Waals surface area contributed by atoms with Gasteiger partial charge in [-0.05, 0) is 54.4 Å². The van der Waals surface area contributed by atoms with Crippen molar-refractivity contribution in [2.45, 2.75) is 38.5 Å². The molecule has 0 radical (unpaired) electrons. The van der Waals surface area contributed by atoms with Crippen LogP contribution in [0.1, 0.15) is 44.2 Å². The van der Waals surface area contributed by atoms with Crippen molar-refractivity contribution in [2.24, 2.45) is 0 Å². The number of nitrogens with one attached hydrogen (secondary N) is 1. The van der Waals surface area contributed by atoms with Crippen molar-refractivity contribution in [3.63, 3.8) is 0 Å². The zero-order valence-electron chi connectivity index (χ0n) is 24.9. The van der Waals surface area contributed by atoms with Gasteiger partial charge < -0.3 is 24.5 Å².